The highest BCUT2D eigenvalue weighted by molar-refractivity contribution is 5.43. The lowest BCUT2D eigenvalue weighted by Crippen LogP contribution is -2.15. The summed E-state index contributed by atoms with van der Waals surface area (Å²) in [6.45, 7) is 5.74. The van der Waals surface area contributed by atoms with Crippen molar-refractivity contribution in [3.8, 4) is 5.75 Å². The van der Waals surface area contributed by atoms with E-state index in [1.165, 1.54) is 29.5 Å². The topological polar surface area (TPSA) is 39.1 Å². The number of nitrogens with one attached hydrogen (secondary N) is 1. The summed E-state index contributed by atoms with van der Waals surface area (Å²) in [5, 5.41) is 3.56. The molecule has 2 aromatic rings. The van der Waals surface area contributed by atoms with Crippen molar-refractivity contribution in [2.45, 2.75) is 45.9 Å². The van der Waals surface area contributed by atoms with E-state index in [4.69, 9.17) is 4.74 Å². The molecular formula is C17H23N3O. The predicted octanol–water partition coefficient (Wildman–Crippen LogP) is 2.87. The molecule has 0 spiro atoms. The molecule has 112 valence electrons. The van der Waals surface area contributed by atoms with Gasteiger partial charge in [0.1, 0.15) is 12.4 Å². The summed E-state index contributed by atoms with van der Waals surface area (Å²) < 4.78 is 7.99. The summed E-state index contributed by atoms with van der Waals surface area (Å²) in [7, 11) is 1.98. The summed E-state index contributed by atoms with van der Waals surface area (Å²) in [4.78, 5) is 4.11. The second kappa shape index (κ2) is 5.90. The predicted molar refractivity (Wildman–Crippen MR) is 83.3 cm³/mol. The van der Waals surface area contributed by atoms with Crippen LogP contribution in [-0.4, -0.2) is 15.6 Å². The van der Waals surface area contributed by atoms with Crippen LogP contribution >= 0.6 is 0 Å². The SMILES string of the molecule is Cc1cc(CNC2CC2)cc(C)c1OCc1cncn1C. The summed E-state index contributed by atoms with van der Waals surface area (Å²) in [5.41, 5.74) is 4.81. The van der Waals surface area contributed by atoms with E-state index in [1.54, 1.807) is 6.33 Å². The summed E-state index contributed by atoms with van der Waals surface area (Å²) >= 11 is 0. The third kappa shape index (κ3) is 3.45. The molecule has 1 N–H and O–H groups in total. The Morgan fingerprint density at radius 1 is 1.29 bits per heavy atom. The van der Waals surface area contributed by atoms with E-state index in [0.717, 1.165) is 24.0 Å². The molecule has 0 aliphatic heterocycles. The number of imidazole rings is 1. The zero-order valence-electron chi connectivity index (χ0n) is 13.0. The Balaban J connectivity index is 1.68. The molecular weight excluding hydrogens is 262 g/mol. The Morgan fingerprint density at radius 2 is 2.00 bits per heavy atom. The van der Waals surface area contributed by atoms with Crippen LogP contribution < -0.4 is 10.1 Å². The van der Waals surface area contributed by atoms with Crippen molar-refractivity contribution in [1.29, 1.82) is 0 Å². The van der Waals surface area contributed by atoms with Gasteiger partial charge in [0.2, 0.25) is 0 Å². The van der Waals surface area contributed by atoms with Gasteiger partial charge in [0.15, 0.2) is 0 Å². The van der Waals surface area contributed by atoms with Crippen LogP contribution in [0.5, 0.6) is 5.75 Å². The molecule has 0 atom stereocenters. The van der Waals surface area contributed by atoms with Gasteiger partial charge in [-0.05, 0) is 43.4 Å². The Bertz CT molecular complexity index is 606. The molecule has 0 bridgehead atoms. The van der Waals surface area contributed by atoms with Crippen molar-refractivity contribution in [1.82, 2.24) is 14.9 Å². The quantitative estimate of drug-likeness (QED) is 0.887. The summed E-state index contributed by atoms with van der Waals surface area (Å²) in [6.07, 6.45) is 6.29. The van der Waals surface area contributed by atoms with Gasteiger partial charge < -0.3 is 14.6 Å². The highest BCUT2D eigenvalue weighted by atomic mass is 16.5. The lowest BCUT2D eigenvalue weighted by molar-refractivity contribution is 0.293. The average molecular weight is 285 g/mol. The molecule has 4 heteroatoms. The number of aromatic nitrogens is 2. The first-order valence-corrected chi connectivity index (χ1v) is 7.55. The Kier molecular flexibility index (Phi) is 3.97. The number of ether oxygens (including phenoxy) is 1. The zero-order valence-corrected chi connectivity index (χ0v) is 13.0. The van der Waals surface area contributed by atoms with Gasteiger partial charge in [-0.3, -0.25) is 0 Å². The second-order valence-corrected chi connectivity index (χ2v) is 6.00. The van der Waals surface area contributed by atoms with Crippen LogP contribution in [0.15, 0.2) is 24.7 Å². The van der Waals surface area contributed by atoms with Gasteiger partial charge in [-0.2, -0.15) is 0 Å². The van der Waals surface area contributed by atoms with E-state index in [9.17, 15) is 0 Å². The fraction of sp³-hybridized carbons (Fsp3) is 0.471. The molecule has 1 aromatic heterocycles. The van der Waals surface area contributed by atoms with Crippen LogP contribution in [0.25, 0.3) is 0 Å². The largest absolute Gasteiger partial charge is 0.487 e. The lowest BCUT2D eigenvalue weighted by Gasteiger charge is -2.14. The van der Waals surface area contributed by atoms with Crippen molar-refractivity contribution in [2.24, 2.45) is 7.05 Å². The van der Waals surface area contributed by atoms with Gasteiger partial charge >= 0.3 is 0 Å². The molecule has 0 saturated heterocycles. The normalized spacial score (nSPS) is 14.4. The first-order valence-electron chi connectivity index (χ1n) is 7.55. The monoisotopic (exact) mass is 285 g/mol. The molecule has 1 aromatic carbocycles. The maximum atomic E-state index is 6.00. The number of benzene rings is 1. The van der Waals surface area contributed by atoms with Gasteiger partial charge in [-0.1, -0.05) is 12.1 Å². The van der Waals surface area contributed by atoms with Crippen molar-refractivity contribution in [3.63, 3.8) is 0 Å². The summed E-state index contributed by atoms with van der Waals surface area (Å²) in [5.74, 6) is 0.992. The van der Waals surface area contributed by atoms with Crippen LogP contribution in [0.4, 0.5) is 0 Å². The molecule has 4 nitrogen and oxygen atoms in total. The van der Waals surface area contributed by atoms with Crippen LogP contribution in [0.2, 0.25) is 0 Å². The maximum absolute atomic E-state index is 6.00. The fourth-order valence-corrected chi connectivity index (χ4v) is 2.59. The van der Waals surface area contributed by atoms with Gasteiger partial charge in [0.05, 0.1) is 18.2 Å². The molecule has 0 amide bonds. The molecule has 1 heterocycles. The van der Waals surface area contributed by atoms with Crippen molar-refractivity contribution < 1.29 is 4.74 Å². The molecule has 1 aliphatic carbocycles. The van der Waals surface area contributed by atoms with E-state index in [1.807, 2.05) is 17.8 Å². The summed E-state index contributed by atoms with van der Waals surface area (Å²) in [6, 6.07) is 5.19. The third-order valence-electron chi connectivity index (χ3n) is 3.97. The molecule has 0 unspecified atom stereocenters. The number of rotatable bonds is 6. The fourth-order valence-electron chi connectivity index (χ4n) is 2.59. The van der Waals surface area contributed by atoms with Gasteiger partial charge in [0.25, 0.3) is 0 Å². The van der Waals surface area contributed by atoms with E-state index in [2.05, 4.69) is 36.3 Å². The Labute approximate surface area is 126 Å². The van der Waals surface area contributed by atoms with Crippen molar-refractivity contribution in [3.05, 3.63) is 47.0 Å². The van der Waals surface area contributed by atoms with E-state index < -0.39 is 0 Å². The smallest absolute Gasteiger partial charge is 0.130 e. The van der Waals surface area contributed by atoms with Crippen LogP contribution in [0.1, 0.15) is 35.2 Å². The number of nitrogens with zero attached hydrogens (tertiary/aromatic N) is 2. The minimum atomic E-state index is 0.553. The van der Waals surface area contributed by atoms with Gasteiger partial charge in [-0.15, -0.1) is 0 Å². The first-order chi connectivity index (χ1) is 10.1. The highest BCUT2D eigenvalue weighted by Crippen LogP contribution is 2.26. The number of aryl methyl sites for hydroxylation is 3. The van der Waals surface area contributed by atoms with E-state index in [0.29, 0.717) is 6.61 Å². The van der Waals surface area contributed by atoms with Crippen molar-refractivity contribution in [2.75, 3.05) is 0 Å². The van der Waals surface area contributed by atoms with Crippen LogP contribution in [-0.2, 0) is 20.2 Å². The molecule has 0 radical (unpaired) electrons. The number of hydrogen-bond donors (Lipinski definition) is 1. The van der Waals surface area contributed by atoms with Gasteiger partial charge in [-0.25, -0.2) is 4.98 Å². The standard InChI is InChI=1S/C17H23N3O/c1-12-6-14(8-19-15-4-5-15)7-13(2)17(12)21-10-16-9-18-11-20(16)3/h6-7,9,11,15,19H,4-5,8,10H2,1-3H3. The zero-order chi connectivity index (χ0) is 14.8. The molecule has 3 rings (SSSR count). The molecule has 1 aliphatic rings. The second-order valence-electron chi connectivity index (χ2n) is 6.00. The molecule has 21 heavy (non-hydrogen) atoms. The third-order valence-corrected chi connectivity index (χ3v) is 3.97. The Morgan fingerprint density at radius 3 is 2.57 bits per heavy atom. The van der Waals surface area contributed by atoms with Crippen LogP contribution in [0.3, 0.4) is 0 Å². The highest BCUT2D eigenvalue weighted by Gasteiger charge is 2.20. The number of hydrogen-bond acceptors (Lipinski definition) is 3. The Hall–Kier alpha value is -1.81. The maximum Gasteiger partial charge on any atom is 0.130 e. The van der Waals surface area contributed by atoms with Gasteiger partial charge in [0, 0.05) is 19.6 Å². The van der Waals surface area contributed by atoms with Crippen LogP contribution in [0, 0.1) is 13.8 Å². The average Bonchev–Trinajstić information content (AvgIpc) is 3.18. The molecule has 1 saturated carbocycles. The van der Waals surface area contributed by atoms with E-state index in [-0.39, 0.29) is 0 Å². The molecule has 1 fully saturated rings. The van der Waals surface area contributed by atoms with E-state index >= 15 is 0 Å². The van der Waals surface area contributed by atoms with Crippen molar-refractivity contribution >= 4 is 0 Å². The minimum absolute atomic E-state index is 0.553. The first kappa shape index (κ1) is 14.1. The minimum Gasteiger partial charge on any atom is -0.487 e. The lowest BCUT2D eigenvalue weighted by atomic mass is 10.1.